The van der Waals surface area contributed by atoms with Gasteiger partial charge in [0.1, 0.15) is 6.04 Å². The van der Waals surface area contributed by atoms with E-state index < -0.39 is 43.3 Å². The molecule has 0 saturated carbocycles. The van der Waals surface area contributed by atoms with Gasteiger partial charge in [-0.25, -0.2) is 4.79 Å². The lowest BCUT2D eigenvalue weighted by Crippen LogP contribution is -2.59. The molecular formula is C9H18N2O6. The summed E-state index contributed by atoms with van der Waals surface area (Å²) < 4.78 is 0. The van der Waals surface area contributed by atoms with Crippen LogP contribution in [0.3, 0.4) is 0 Å². The first kappa shape index (κ1) is 15.8. The number of hydrogen-bond acceptors (Lipinski definition) is 6. The van der Waals surface area contributed by atoms with Crippen molar-refractivity contribution in [2.75, 3.05) is 26.4 Å². The van der Waals surface area contributed by atoms with Crippen molar-refractivity contribution < 1.29 is 30.0 Å². The van der Waals surface area contributed by atoms with E-state index >= 15 is 0 Å². The average molecular weight is 250 g/mol. The highest BCUT2D eigenvalue weighted by Crippen LogP contribution is 2.01. The topological polar surface area (TPSA) is 139 Å². The highest BCUT2D eigenvalue weighted by atomic mass is 16.4. The van der Waals surface area contributed by atoms with Gasteiger partial charge in [-0.1, -0.05) is 0 Å². The van der Waals surface area contributed by atoms with Crippen LogP contribution in [0.15, 0.2) is 0 Å². The molecule has 100 valence electrons. The van der Waals surface area contributed by atoms with E-state index in [0.717, 1.165) is 0 Å². The second-order valence-corrected chi connectivity index (χ2v) is 3.73. The van der Waals surface area contributed by atoms with Gasteiger partial charge in [-0.05, 0) is 0 Å². The van der Waals surface area contributed by atoms with Gasteiger partial charge in [-0.3, -0.25) is 4.79 Å². The van der Waals surface area contributed by atoms with Crippen LogP contribution in [0.2, 0.25) is 0 Å². The Balaban J connectivity index is 4.46. The van der Waals surface area contributed by atoms with Crippen molar-refractivity contribution in [3.63, 3.8) is 0 Å². The summed E-state index contributed by atoms with van der Waals surface area (Å²) in [5.41, 5.74) is -1.37. The van der Waals surface area contributed by atoms with Crippen molar-refractivity contribution >= 4 is 11.9 Å². The molecule has 8 heteroatoms. The van der Waals surface area contributed by atoms with Crippen molar-refractivity contribution in [3.05, 3.63) is 0 Å². The minimum atomic E-state index is -1.37. The normalized spacial score (nSPS) is 13.2. The summed E-state index contributed by atoms with van der Waals surface area (Å²) in [6.45, 7) is -0.741. The van der Waals surface area contributed by atoms with Gasteiger partial charge in [0.2, 0.25) is 5.91 Å². The molecule has 1 atom stereocenters. The molecule has 0 aromatic carbocycles. The zero-order valence-corrected chi connectivity index (χ0v) is 9.51. The second-order valence-electron chi connectivity index (χ2n) is 3.73. The van der Waals surface area contributed by atoms with Gasteiger partial charge in [-0.2, -0.15) is 0 Å². The van der Waals surface area contributed by atoms with Gasteiger partial charge in [0.15, 0.2) is 0 Å². The maximum atomic E-state index is 10.8. The number of amides is 1. The fourth-order valence-electron chi connectivity index (χ4n) is 1.08. The van der Waals surface area contributed by atoms with Gasteiger partial charge in [-0.15, -0.1) is 0 Å². The van der Waals surface area contributed by atoms with Gasteiger partial charge in [0, 0.05) is 13.5 Å². The Morgan fingerprint density at radius 1 is 1.18 bits per heavy atom. The van der Waals surface area contributed by atoms with E-state index in [9.17, 15) is 9.59 Å². The number of carbonyl (C=O) groups is 2. The van der Waals surface area contributed by atoms with E-state index in [0.29, 0.717) is 0 Å². The van der Waals surface area contributed by atoms with Crippen LogP contribution in [0.4, 0.5) is 0 Å². The molecule has 0 heterocycles. The number of rotatable bonds is 8. The third-order valence-corrected chi connectivity index (χ3v) is 2.26. The van der Waals surface area contributed by atoms with Crippen molar-refractivity contribution in [3.8, 4) is 0 Å². The maximum absolute atomic E-state index is 10.8. The fourth-order valence-corrected chi connectivity index (χ4v) is 1.08. The molecule has 6 N–H and O–H groups in total. The van der Waals surface area contributed by atoms with Crippen LogP contribution in [0, 0.1) is 0 Å². The van der Waals surface area contributed by atoms with Crippen molar-refractivity contribution in [1.82, 2.24) is 10.6 Å². The van der Waals surface area contributed by atoms with Gasteiger partial charge < -0.3 is 31.1 Å². The highest BCUT2D eigenvalue weighted by Gasteiger charge is 2.30. The molecule has 0 bridgehead atoms. The molecule has 17 heavy (non-hydrogen) atoms. The molecule has 0 spiro atoms. The van der Waals surface area contributed by atoms with Crippen LogP contribution in [0.1, 0.15) is 6.92 Å². The zero-order valence-electron chi connectivity index (χ0n) is 9.51. The lowest BCUT2D eigenvalue weighted by molar-refractivity contribution is -0.141. The first-order valence-electron chi connectivity index (χ1n) is 4.98. The Hall–Kier alpha value is -1.22. The van der Waals surface area contributed by atoms with Crippen LogP contribution in [0.25, 0.3) is 0 Å². The monoisotopic (exact) mass is 250 g/mol. The molecule has 0 aliphatic heterocycles. The smallest absolute Gasteiger partial charge is 0.327 e. The van der Waals surface area contributed by atoms with Gasteiger partial charge in [0.05, 0.1) is 25.4 Å². The number of aliphatic hydroxyl groups is 3. The minimum Gasteiger partial charge on any atom is -0.480 e. The number of nitrogens with one attached hydrogen (secondary N) is 2. The molecule has 0 aromatic rings. The molecule has 0 aromatic heterocycles. The number of hydrogen-bond donors (Lipinski definition) is 6. The summed E-state index contributed by atoms with van der Waals surface area (Å²) in [7, 11) is 0. The third kappa shape index (κ3) is 5.09. The Kier molecular flexibility index (Phi) is 6.66. The summed E-state index contributed by atoms with van der Waals surface area (Å²) in [6.07, 6.45) is 0. The first-order chi connectivity index (χ1) is 7.90. The fraction of sp³-hybridized carbons (Fsp3) is 0.778. The summed E-state index contributed by atoms with van der Waals surface area (Å²) in [5.74, 6) is -1.77. The molecule has 0 rings (SSSR count). The lowest BCUT2D eigenvalue weighted by atomic mass is 10.0. The van der Waals surface area contributed by atoms with Crippen LogP contribution >= 0.6 is 0 Å². The number of carbonyl (C=O) groups excluding carboxylic acids is 1. The number of carboxylic acid groups (broad SMARTS) is 1. The van der Waals surface area contributed by atoms with Crippen molar-refractivity contribution in [2.45, 2.75) is 18.5 Å². The molecule has 0 radical (unpaired) electrons. The molecule has 0 aliphatic rings. The molecule has 0 saturated heterocycles. The van der Waals surface area contributed by atoms with Crippen LogP contribution in [-0.2, 0) is 9.59 Å². The van der Waals surface area contributed by atoms with E-state index in [4.69, 9.17) is 20.4 Å². The number of aliphatic carboxylic acids is 1. The lowest BCUT2D eigenvalue weighted by Gasteiger charge is -2.30. The summed E-state index contributed by atoms with van der Waals surface area (Å²) in [5, 5.41) is 40.5. The molecule has 1 amide bonds. The van der Waals surface area contributed by atoms with Gasteiger partial charge in [0.25, 0.3) is 0 Å². The first-order valence-corrected chi connectivity index (χ1v) is 4.98. The Bertz CT molecular complexity index is 258. The summed E-state index contributed by atoms with van der Waals surface area (Å²) in [6, 6.07) is -1.20. The van der Waals surface area contributed by atoms with E-state index in [1.54, 1.807) is 0 Å². The van der Waals surface area contributed by atoms with Crippen LogP contribution in [0.5, 0.6) is 0 Å². The van der Waals surface area contributed by atoms with E-state index in [1.165, 1.54) is 6.92 Å². The Morgan fingerprint density at radius 3 is 1.94 bits per heavy atom. The Labute approximate surface area is 98.3 Å². The average Bonchev–Trinajstić information content (AvgIpc) is 2.29. The largest absolute Gasteiger partial charge is 0.480 e. The Morgan fingerprint density at radius 2 is 1.65 bits per heavy atom. The molecule has 0 fully saturated rings. The number of carboxylic acids is 1. The third-order valence-electron chi connectivity index (χ3n) is 2.26. The van der Waals surface area contributed by atoms with Crippen LogP contribution < -0.4 is 10.6 Å². The molecule has 8 nitrogen and oxygen atoms in total. The van der Waals surface area contributed by atoms with Crippen molar-refractivity contribution in [1.29, 1.82) is 0 Å². The van der Waals surface area contributed by atoms with E-state index in [1.807, 2.05) is 0 Å². The minimum absolute atomic E-state index is 0.226. The predicted octanol–water partition coefficient (Wildman–Crippen LogP) is -3.12. The van der Waals surface area contributed by atoms with Crippen LogP contribution in [-0.4, -0.2) is 70.2 Å². The summed E-state index contributed by atoms with van der Waals surface area (Å²) in [4.78, 5) is 21.5. The van der Waals surface area contributed by atoms with Gasteiger partial charge >= 0.3 is 5.97 Å². The van der Waals surface area contributed by atoms with Crippen molar-refractivity contribution in [2.24, 2.45) is 0 Å². The quantitative estimate of drug-likeness (QED) is 0.268. The SMILES string of the molecule is CC(=O)NC(CNC(CO)(CO)CO)C(=O)O. The highest BCUT2D eigenvalue weighted by molar-refractivity contribution is 5.82. The molecular weight excluding hydrogens is 232 g/mol. The molecule has 0 aliphatic carbocycles. The maximum Gasteiger partial charge on any atom is 0.327 e. The predicted molar refractivity (Wildman–Crippen MR) is 57.2 cm³/mol. The zero-order chi connectivity index (χ0) is 13.5. The van der Waals surface area contributed by atoms with E-state index in [2.05, 4.69) is 10.6 Å². The van der Waals surface area contributed by atoms with E-state index in [-0.39, 0.29) is 6.54 Å². The molecule has 1 unspecified atom stereocenters. The number of aliphatic hydroxyl groups excluding tert-OH is 3. The summed E-state index contributed by atoms with van der Waals surface area (Å²) >= 11 is 0. The standard InChI is InChI=1S/C9H18N2O6/c1-6(15)11-7(8(16)17)2-10-9(3-12,4-13)5-14/h7,10,12-14H,2-5H2,1H3,(H,11,15)(H,16,17). The second kappa shape index (κ2) is 7.17.